The van der Waals surface area contributed by atoms with E-state index >= 15 is 0 Å². The van der Waals surface area contributed by atoms with Gasteiger partial charge in [0.1, 0.15) is 11.6 Å². The van der Waals surface area contributed by atoms with Crippen LogP contribution in [0.15, 0.2) is 34.4 Å². The fourth-order valence-electron chi connectivity index (χ4n) is 2.27. The molecule has 0 saturated carbocycles. The third-order valence-corrected chi connectivity index (χ3v) is 3.61. The summed E-state index contributed by atoms with van der Waals surface area (Å²) >= 11 is 0. The molecule has 0 aliphatic carbocycles. The van der Waals surface area contributed by atoms with Crippen molar-refractivity contribution in [3.8, 4) is 0 Å². The van der Waals surface area contributed by atoms with E-state index in [9.17, 15) is 14.1 Å². The van der Waals surface area contributed by atoms with Gasteiger partial charge in [0, 0.05) is 24.8 Å². The Morgan fingerprint density at radius 3 is 2.78 bits per heavy atom. The van der Waals surface area contributed by atoms with Crippen LogP contribution in [0.2, 0.25) is 0 Å². The van der Waals surface area contributed by atoms with Gasteiger partial charge in [-0.3, -0.25) is 20.4 Å². The molecule has 11 nitrogen and oxygen atoms in total. The highest BCUT2D eigenvalue weighted by atomic mass is 19.1. The summed E-state index contributed by atoms with van der Waals surface area (Å²) in [5, 5.41) is 29.5. The number of hydrogen-bond acceptors (Lipinski definition) is 8. The molecule has 12 heteroatoms. The van der Waals surface area contributed by atoms with E-state index in [4.69, 9.17) is 10.5 Å². The van der Waals surface area contributed by atoms with Gasteiger partial charge in [0.25, 0.3) is 5.56 Å². The van der Waals surface area contributed by atoms with Crippen LogP contribution < -0.4 is 21.1 Å². The Hall–Kier alpha value is -3.41. The van der Waals surface area contributed by atoms with E-state index in [0.29, 0.717) is 18.1 Å². The molecule has 1 aromatic heterocycles. The number of anilines is 3. The van der Waals surface area contributed by atoms with Gasteiger partial charge < -0.3 is 25.5 Å². The van der Waals surface area contributed by atoms with Gasteiger partial charge in [0.2, 0.25) is 0 Å². The van der Waals surface area contributed by atoms with Crippen molar-refractivity contribution >= 4 is 23.5 Å². The van der Waals surface area contributed by atoms with Crippen molar-refractivity contribution < 1.29 is 14.3 Å². The number of aliphatic hydroxyl groups excluding tert-OH is 1. The predicted molar refractivity (Wildman–Crippen MR) is 98.7 cm³/mol. The Morgan fingerprint density at radius 2 is 2.19 bits per heavy atom. The van der Waals surface area contributed by atoms with Crippen LogP contribution in [0, 0.1) is 16.1 Å². The van der Waals surface area contributed by atoms with Crippen LogP contribution in [0.5, 0.6) is 0 Å². The van der Waals surface area contributed by atoms with Gasteiger partial charge in [-0.2, -0.15) is 0 Å². The third-order valence-electron chi connectivity index (χ3n) is 3.61. The lowest BCUT2D eigenvalue weighted by atomic mass is 10.2. The molecule has 0 fully saturated rings. The van der Waals surface area contributed by atoms with Crippen LogP contribution in [-0.4, -0.2) is 54.0 Å². The van der Waals surface area contributed by atoms with E-state index in [1.807, 2.05) is 0 Å². The Kier molecular flexibility index (Phi) is 7.31. The number of nitrogens with zero attached hydrogens (tertiary/aromatic N) is 2. The molecule has 1 unspecified atom stereocenters. The summed E-state index contributed by atoms with van der Waals surface area (Å²) in [5.41, 5.74) is 0.342. The van der Waals surface area contributed by atoms with E-state index in [1.54, 1.807) is 6.07 Å². The van der Waals surface area contributed by atoms with Gasteiger partial charge in [-0.15, -0.1) is 4.91 Å². The van der Waals surface area contributed by atoms with E-state index in [2.05, 4.69) is 31.0 Å². The van der Waals surface area contributed by atoms with Crippen LogP contribution in [0.4, 0.5) is 21.6 Å². The lowest BCUT2D eigenvalue weighted by Crippen LogP contribution is -2.28. The third kappa shape index (κ3) is 5.81. The molecule has 146 valence electrons. The monoisotopic (exact) mass is 381 g/mol. The molecule has 0 bridgehead atoms. The number of halogens is 1. The van der Waals surface area contributed by atoms with Gasteiger partial charge in [0.05, 0.1) is 25.2 Å². The highest BCUT2D eigenvalue weighted by molar-refractivity contribution is 5.78. The number of aromatic nitrogens is 2. The van der Waals surface area contributed by atoms with Crippen LogP contribution in [-0.2, 0) is 4.84 Å². The molecule has 0 amide bonds. The largest absolute Gasteiger partial charge is 0.392 e. The average molecular weight is 381 g/mol. The van der Waals surface area contributed by atoms with Crippen molar-refractivity contribution in [3.05, 3.63) is 45.3 Å². The smallest absolute Gasteiger partial charge is 0.266 e. The minimum atomic E-state index is -0.839. The number of H-pyrrole nitrogens is 2. The molecule has 1 aromatic carbocycles. The Labute approximate surface area is 153 Å². The van der Waals surface area contributed by atoms with E-state index in [-0.39, 0.29) is 24.3 Å². The molecule has 0 aliphatic rings. The van der Waals surface area contributed by atoms with Crippen molar-refractivity contribution in [3.63, 3.8) is 0 Å². The van der Waals surface area contributed by atoms with Gasteiger partial charge in [-0.1, -0.05) is 0 Å². The molecule has 0 radical (unpaired) electrons. The SMILES string of the molecule is N=CN(CCNc1cc(=O)[nH][nH]1)c1ccc(NCC(CO)ON=O)cc1F. The van der Waals surface area contributed by atoms with Crippen molar-refractivity contribution in [1.82, 2.24) is 10.2 Å². The highest BCUT2D eigenvalue weighted by Crippen LogP contribution is 2.22. The van der Waals surface area contributed by atoms with Crippen LogP contribution in [0.25, 0.3) is 0 Å². The molecular weight excluding hydrogens is 361 g/mol. The first-order valence-corrected chi connectivity index (χ1v) is 7.99. The number of benzene rings is 1. The second-order valence-electron chi connectivity index (χ2n) is 5.45. The number of hydrogen-bond donors (Lipinski definition) is 6. The molecular formula is C15H20FN7O4. The quantitative estimate of drug-likeness (QED) is 0.137. The minimum Gasteiger partial charge on any atom is -0.392 e. The van der Waals surface area contributed by atoms with Crippen LogP contribution in [0.1, 0.15) is 0 Å². The summed E-state index contributed by atoms with van der Waals surface area (Å²) in [7, 11) is 0. The van der Waals surface area contributed by atoms with Crippen molar-refractivity contribution in [2.45, 2.75) is 6.10 Å². The molecule has 1 heterocycles. The van der Waals surface area contributed by atoms with Gasteiger partial charge in [0.15, 0.2) is 11.4 Å². The number of nitrogens with one attached hydrogen (secondary N) is 5. The van der Waals surface area contributed by atoms with Crippen LogP contribution in [0.3, 0.4) is 0 Å². The Morgan fingerprint density at radius 1 is 1.37 bits per heavy atom. The zero-order valence-electron chi connectivity index (χ0n) is 14.2. The first kappa shape index (κ1) is 19.9. The normalized spacial score (nSPS) is 11.5. The first-order chi connectivity index (χ1) is 13.1. The molecule has 2 rings (SSSR count). The van der Waals surface area contributed by atoms with E-state index < -0.39 is 18.5 Å². The standard InChI is InChI=1S/C15H20FN7O4/c16-12-5-10(19-7-11(8-24)27-22-26)1-2-13(12)23(9-17)4-3-18-14-6-15(25)21-20-14/h1-2,5-6,9,11,17,19,24H,3-4,7-8H2,(H3,18,20,21,25). The first-order valence-electron chi connectivity index (χ1n) is 7.99. The summed E-state index contributed by atoms with van der Waals surface area (Å²) in [6, 6.07) is 5.66. The van der Waals surface area contributed by atoms with E-state index in [1.165, 1.54) is 23.1 Å². The molecule has 0 aliphatic heterocycles. The maximum absolute atomic E-state index is 14.4. The number of aromatic amines is 2. The second-order valence-corrected chi connectivity index (χ2v) is 5.45. The molecule has 1 atom stereocenters. The molecule has 6 N–H and O–H groups in total. The van der Waals surface area contributed by atoms with E-state index in [0.717, 1.165) is 6.34 Å². The maximum Gasteiger partial charge on any atom is 0.266 e. The fourth-order valence-corrected chi connectivity index (χ4v) is 2.27. The lowest BCUT2D eigenvalue weighted by Gasteiger charge is -2.21. The molecule has 27 heavy (non-hydrogen) atoms. The highest BCUT2D eigenvalue weighted by Gasteiger charge is 2.12. The van der Waals surface area contributed by atoms with Crippen molar-refractivity contribution in [1.29, 1.82) is 5.41 Å². The maximum atomic E-state index is 14.4. The second kappa shape index (κ2) is 9.91. The minimum absolute atomic E-state index is 0.0636. The Bertz CT molecular complexity index is 809. The topological polar surface area (TPSA) is 159 Å². The summed E-state index contributed by atoms with van der Waals surface area (Å²) in [6.45, 7) is 0.289. The van der Waals surface area contributed by atoms with Gasteiger partial charge in [-0.25, -0.2) is 4.39 Å². The number of rotatable bonds is 12. The van der Waals surface area contributed by atoms with Gasteiger partial charge in [-0.05, 0) is 18.2 Å². The number of aliphatic hydroxyl groups is 1. The summed E-state index contributed by atoms with van der Waals surface area (Å²) in [5.74, 6) is -0.0658. The average Bonchev–Trinajstić information content (AvgIpc) is 3.08. The van der Waals surface area contributed by atoms with Crippen LogP contribution >= 0.6 is 0 Å². The van der Waals surface area contributed by atoms with Crippen molar-refractivity contribution in [2.24, 2.45) is 5.34 Å². The summed E-state index contributed by atoms with van der Waals surface area (Å²) in [4.78, 5) is 26.9. The molecule has 0 saturated heterocycles. The zero-order chi connectivity index (χ0) is 19.6. The molecule has 0 spiro atoms. The summed E-state index contributed by atoms with van der Waals surface area (Å²) in [6.07, 6.45) is 0.160. The lowest BCUT2D eigenvalue weighted by molar-refractivity contribution is 0.0223. The summed E-state index contributed by atoms with van der Waals surface area (Å²) < 4.78 is 14.4. The predicted octanol–water partition coefficient (Wildman–Crippen LogP) is 0.838. The Balaban J connectivity index is 1.93. The van der Waals surface area contributed by atoms with Gasteiger partial charge >= 0.3 is 0 Å². The van der Waals surface area contributed by atoms with Crippen molar-refractivity contribution in [2.75, 3.05) is 41.8 Å². The molecule has 2 aromatic rings. The fraction of sp³-hybridized carbons (Fsp3) is 0.333. The zero-order valence-corrected chi connectivity index (χ0v) is 14.2.